The van der Waals surface area contributed by atoms with E-state index in [1.807, 2.05) is 0 Å². The Morgan fingerprint density at radius 3 is 2.52 bits per heavy atom. The van der Waals surface area contributed by atoms with Crippen LogP contribution in [0.5, 0.6) is 0 Å². The van der Waals surface area contributed by atoms with Gasteiger partial charge in [0.1, 0.15) is 5.82 Å². The van der Waals surface area contributed by atoms with Crippen LogP contribution >= 0.6 is 11.3 Å². The van der Waals surface area contributed by atoms with Gasteiger partial charge < -0.3 is 4.74 Å². The topological polar surface area (TPSA) is 67.4 Å². The van der Waals surface area contributed by atoms with Crippen molar-refractivity contribution in [3.05, 3.63) is 47.1 Å². The van der Waals surface area contributed by atoms with Crippen LogP contribution in [0.4, 0.5) is 9.18 Å². The van der Waals surface area contributed by atoms with Crippen molar-refractivity contribution >= 4 is 23.3 Å². The minimum atomic E-state index is -0.721. The van der Waals surface area contributed by atoms with Crippen molar-refractivity contribution in [3.63, 3.8) is 0 Å². The summed E-state index contributed by atoms with van der Waals surface area (Å²) in [5.74, 6) is -0.756. The molecule has 0 unspecified atom stereocenters. The van der Waals surface area contributed by atoms with E-state index in [0.717, 1.165) is 10.4 Å². The number of nitrogens with one attached hydrogen (secondary N) is 2. The molecular weight excluding hydrogens is 295 g/mol. The third-order valence-electron chi connectivity index (χ3n) is 2.51. The summed E-state index contributed by atoms with van der Waals surface area (Å²) in [5.41, 5.74) is 5.20. The first kappa shape index (κ1) is 15.0. The molecule has 0 radical (unpaired) electrons. The van der Waals surface area contributed by atoms with Crippen LogP contribution in [0.3, 0.4) is 0 Å². The van der Waals surface area contributed by atoms with E-state index in [0.29, 0.717) is 4.88 Å². The van der Waals surface area contributed by atoms with E-state index in [9.17, 15) is 14.0 Å². The molecule has 0 saturated carbocycles. The first-order valence-corrected chi connectivity index (χ1v) is 7.00. The second-order valence-electron chi connectivity index (χ2n) is 3.97. The highest BCUT2D eigenvalue weighted by Gasteiger charge is 2.11. The summed E-state index contributed by atoms with van der Waals surface area (Å²) in [6.07, 6.45) is -0.721. The summed E-state index contributed by atoms with van der Waals surface area (Å²) >= 11 is 1.24. The Bertz CT molecular complexity index is 640. The smallest absolute Gasteiger partial charge is 0.426 e. The second-order valence-corrected chi connectivity index (χ2v) is 5.05. The molecule has 2 amide bonds. The molecule has 0 atom stereocenters. The molecule has 0 bridgehead atoms. The van der Waals surface area contributed by atoms with E-state index in [-0.39, 0.29) is 12.4 Å². The Hall–Kier alpha value is -2.41. The second kappa shape index (κ2) is 6.85. The highest BCUT2D eigenvalue weighted by Crippen LogP contribution is 2.28. The van der Waals surface area contributed by atoms with Crippen LogP contribution in [0.2, 0.25) is 0 Å². The minimum absolute atomic E-state index is 0.218. The molecule has 0 spiro atoms. The maximum atomic E-state index is 12.9. The van der Waals surface area contributed by atoms with Gasteiger partial charge in [0, 0.05) is 4.88 Å². The number of benzene rings is 1. The maximum absolute atomic E-state index is 12.9. The molecule has 2 N–H and O–H groups in total. The van der Waals surface area contributed by atoms with Crippen LogP contribution < -0.4 is 10.9 Å². The Labute approximate surface area is 124 Å². The Morgan fingerprint density at radius 1 is 1.14 bits per heavy atom. The number of carbonyl (C=O) groups is 2. The molecule has 1 aromatic heterocycles. The molecule has 110 valence electrons. The molecule has 1 aromatic carbocycles. The predicted octanol–water partition coefficient (Wildman–Crippen LogP) is 2.95. The van der Waals surface area contributed by atoms with Gasteiger partial charge in [0.25, 0.3) is 5.91 Å². The number of ether oxygens (including phenoxy) is 1. The van der Waals surface area contributed by atoms with Crippen molar-refractivity contribution < 1.29 is 18.7 Å². The number of hydrazine groups is 1. The van der Waals surface area contributed by atoms with Gasteiger partial charge in [-0.25, -0.2) is 14.6 Å². The van der Waals surface area contributed by atoms with Crippen LogP contribution in [0.1, 0.15) is 16.6 Å². The number of hydrogen-bond acceptors (Lipinski definition) is 4. The molecule has 0 saturated heterocycles. The molecular formula is C14H13FN2O3S. The zero-order valence-electron chi connectivity index (χ0n) is 11.2. The monoisotopic (exact) mass is 308 g/mol. The zero-order chi connectivity index (χ0) is 15.2. The van der Waals surface area contributed by atoms with E-state index in [2.05, 4.69) is 15.6 Å². The molecule has 7 heteroatoms. The van der Waals surface area contributed by atoms with Crippen molar-refractivity contribution in [2.45, 2.75) is 6.92 Å². The van der Waals surface area contributed by atoms with Crippen LogP contribution in [0.25, 0.3) is 10.4 Å². The fourth-order valence-corrected chi connectivity index (χ4v) is 2.47. The van der Waals surface area contributed by atoms with Gasteiger partial charge in [-0.05, 0) is 36.8 Å². The van der Waals surface area contributed by atoms with Crippen LogP contribution in [0, 0.1) is 5.82 Å². The maximum Gasteiger partial charge on any atom is 0.426 e. The van der Waals surface area contributed by atoms with E-state index in [1.165, 1.54) is 23.5 Å². The van der Waals surface area contributed by atoms with Gasteiger partial charge in [0.2, 0.25) is 0 Å². The molecule has 0 aliphatic carbocycles. The molecule has 0 aliphatic heterocycles. The normalized spacial score (nSPS) is 10.0. The summed E-state index contributed by atoms with van der Waals surface area (Å²) in [4.78, 5) is 24.1. The predicted molar refractivity (Wildman–Crippen MR) is 77.3 cm³/mol. The van der Waals surface area contributed by atoms with Gasteiger partial charge in [0.05, 0.1) is 11.5 Å². The average molecular weight is 308 g/mol. The lowest BCUT2D eigenvalue weighted by atomic mass is 10.2. The number of carbonyl (C=O) groups excluding carboxylic acids is 2. The van der Waals surface area contributed by atoms with Gasteiger partial charge in [-0.2, -0.15) is 0 Å². The Morgan fingerprint density at radius 2 is 1.86 bits per heavy atom. The summed E-state index contributed by atoms with van der Waals surface area (Å²) < 4.78 is 17.5. The summed E-state index contributed by atoms with van der Waals surface area (Å²) in [6.45, 7) is 1.88. The fourth-order valence-electron chi connectivity index (χ4n) is 1.57. The van der Waals surface area contributed by atoms with Gasteiger partial charge in [-0.15, -0.1) is 11.3 Å². The van der Waals surface area contributed by atoms with E-state index < -0.39 is 12.0 Å². The van der Waals surface area contributed by atoms with Gasteiger partial charge in [-0.1, -0.05) is 12.1 Å². The summed E-state index contributed by atoms with van der Waals surface area (Å²) in [7, 11) is 0. The SMILES string of the molecule is CCOC(=O)NNC(=O)c1ccc(-c2ccc(F)cc2)s1. The van der Waals surface area contributed by atoms with Crippen LogP contribution in [-0.2, 0) is 4.74 Å². The summed E-state index contributed by atoms with van der Waals surface area (Å²) in [5, 5.41) is 0. The Kier molecular flexibility index (Phi) is 4.89. The first-order valence-electron chi connectivity index (χ1n) is 6.19. The fraction of sp³-hybridized carbons (Fsp3) is 0.143. The molecule has 2 rings (SSSR count). The number of thiophene rings is 1. The number of hydrogen-bond donors (Lipinski definition) is 2. The lowest BCUT2D eigenvalue weighted by molar-refractivity contribution is 0.0916. The largest absolute Gasteiger partial charge is 0.449 e. The van der Waals surface area contributed by atoms with Crippen molar-refractivity contribution in [3.8, 4) is 10.4 Å². The summed E-state index contributed by atoms with van der Waals surface area (Å²) in [6, 6.07) is 9.39. The van der Waals surface area contributed by atoms with Gasteiger partial charge >= 0.3 is 6.09 Å². The average Bonchev–Trinajstić information content (AvgIpc) is 2.96. The third kappa shape index (κ3) is 4.03. The number of halogens is 1. The molecule has 21 heavy (non-hydrogen) atoms. The first-order chi connectivity index (χ1) is 10.1. The molecule has 2 aromatic rings. The highest BCUT2D eigenvalue weighted by molar-refractivity contribution is 7.17. The molecule has 0 fully saturated rings. The number of rotatable bonds is 3. The third-order valence-corrected chi connectivity index (χ3v) is 3.65. The zero-order valence-corrected chi connectivity index (χ0v) is 12.0. The molecule has 1 heterocycles. The van der Waals surface area contributed by atoms with Crippen molar-refractivity contribution in [1.29, 1.82) is 0 Å². The van der Waals surface area contributed by atoms with Crippen molar-refractivity contribution in [2.75, 3.05) is 6.61 Å². The minimum Gasteiger partial charge on any atom is -0.449 e. The van der Waals surface area contributed by atoms with Crippen molar-refractivity contribution in [2.24, 2.45) is 0 Å². The van der Waals surface area contributed by atoms with Gasteiger partial charge in [0.15, 0.2) is 0 Å². The molecule has 0 aliphatic rings. The van der Waals surface area contributed by atoms with E-state index >= 15 is 0 Å². The lowest BCUT2D eigenvalue weighted by Gasteiger charge is -2.05. The quantitative estimate of drug-likeness (QED) is 0.857. The van der Waals surface area contributed by atoms with Gasteiger partial charge in [-0.3, -0.25) is 10.2 Å². The standard InChI is InChI=1S/C14H13FN2O3S/c1-2-20-14(19)17-16-13(18)12-8-7-11(21-12)9-3-5-10(15)6-4-9/h3-8H,2H2,1H3,(H,16,18)(H,17,19). The molecule has 5 nitrogen and oxygen atoms in total. The van der Waals surface area contributed by atoms with Crippen molar-refractivity contribution in [1.82, 2.24) is 10.9 Å². The Balaban J connectivity index is 2.00. The highest BCUT2D eigenvalue weighted by atomic mass is 32.1. The number of amides is 2. The van der Waals surface area contributed by atoms with E-state index in [4.69, 9.17) is 0 Å². The van der Waals surface area contributed by atoms with Crippen LogP contribution in [-0.4, -0.2) is 18.6 Å². The van der Waals surface area contributed by atoms with E-state index in [1.54, 1.807) is 31.2 Å². The lowest BCUT2D eigenvalue weighted by Crippen LogP contribution is -2.41. The van der Waals surface area contributed by atoms with Crippen LogP contribution in [0.15, 0.2) is 36.4 Å².